The van der Waals surface area contributed by atoms with Crippen LogP contribution in [0.3, 0.4) is 0 Å². The van der Waals surface area contributed by atoms with Crippen LogP contribution in [0.1, 0.15) is 18.6 Å². The van der Waals surface area contributed by atoms with Crippen LogP contribution in [0, 0.1) is 5.82 Å². The summed E-state index contributed by atoms with van der Waals surface area (Å²) in [4.78, 5) is 0. The SMILES string of the molecule is CC(O)c1cc(Br)c(F)cc1O. The Morgan fingerprint density at radius 1 is 1.50 bits per heavy atom. The van der Waals surface area contributed by atoms with Gasteiger partial charge in [-0.15, -0.1) is 0 Å². The van der Waals surface area contributed by atoms with Crippen LogP contribution < -0.4 is 0 Å². The van der Waals surface area contributed by atoms with Crippen molar-refractivity contribution in [2.45, 2.75) is 13.0 Å². The van der Waals surface area contributed by atoms with Crippen LogP contribution in [0.15, 0.2) is 16.6 Å². The molecule has 0 saturated carbocycles. The van der Waals surface area contributed by atoms with Gasteiger partial charge < -0.3 is 10.2 Å². The highest BCUT2D eigenvalue weighted by Crippen LogP contribution is 2.29. The molecule has 0 amide bonds. The number of hydrogen-bond acceptors (Lipinski definition) is 2. The molecule has 2 N–H and O–H groups in total. The smallest absolute Gasteiger partial charge is 0.141 e. The van der Waals surface area contributed by atoms with Crippen molar-refractivity contribution in [1.82, 2.24) is 0 Å². The van der Waals surface area contributed by atoms with Gasteiger partial charge in [-0.3, -0.25) is 0 Å². The monoisotopic (exact) mass is 234 g/mol. The molecule has 0 spiro atoms. The summed E-state index contributed by atoms with van der Waals surface area (Å²) >= 11 is 2.95. The molecule has 0 fully saturated rings. The van der Waals surface area contributed by atoms with E-state index in [0.29, 0.717) is 5.56 Å². The molecule has 1 aromatic carbocycles. The van der Waals surface area contributed by atoms with Crippen LogP contribution >= 0.6 is 15.9 Å². The molecule has 0 aliphatic heterocycles. The van der Waals surface area contributed by atoms with Gasteiger partial charge in [0.25, 0.3) is 0 Å². The predicted octanol–water partition coefficient (Wildman–Crippen LogP) is 2.35. The lowest BCUT2D eigenvalue weighted by molar-refractivity contribution is 0.194. The highest BCUT2D eigenvalue weighted by atomic mass is 79.9. The number of benzene rings is 1. The lowest BCUT2D eigenvalue weighted by atomic mass is 10.1. The molecule has 12 heavy (non-hydrogen) atoms. The second kappa shape index (κ2) is 3.41. The number of rotatable bonds is 1. The van der Waals surface area contributed by atoms with Gasteiger partial charge in [-0.1, -0.05) is 0 Å². The van der Waals surface area contributed by atoms with Gasteiger partial charge in [0.2, 0.25) is 0 Å². The molecule has 0 bridgehead atoms. The van der Waals surface area contributed by atoms with Crippen LogP contribution in [0.25, 0.3) is 0 Å². The van der Waals surface area contributed by atoms with E-state index in [2.05, 4.69) is 15.9 Å². The molecule has 2 nitrogen and oxygen atoms in total. The molecule has 4 heteroatoms. The fourth-order valence-corrected chi connectivity index (χ4v) is 1.25. The molecular formula is C8H8BrFO2. The van der Waals surface area contributed by atoms with Crippen LogP contribution in [0.2, 0.25) is 0 Å². The van der Waals surface area contributed by atoms with Crippen LogP contribution in [-0.4, -0.2) is 10.2 Å². The van der Waals surface area contributed by atoms with E-state index in [4.69, 9.17) is 10.2 Å². The van der Waals surface area contributed by atoms with Gasteiger partial charge in [0.1, 0.15) is 11.6 Å². The summed E-state index contributed by atoms with van der Waals surface area (Å²) in [6.45, 7) is 1.50. The second-order valence-electron chi connectivity index (χ2n) is 2.50. The average Bonchev–Trinajstić information content (AvgIpc) is 1.96. The van der Waals surface area contributed by atoms with Crippen LogP contribution in [0.5, 0.6) is 5.75 Å². The first-order chi connectivity index (χ1) is 5.52. The van der Waals surface area contributed by atoms with Crippen molar-refractivity contribution >= 4 is 15.9 Å². The van der Waals surface area contributed by atoms with Gasteiger partial charge in [0.15, 0.2) is 0 Å². The summed E-state index contributed by atoms with van der Waals surface area (Å²) in [6, 6.07) is 2.32. The summed E-state index contributed by atoms with van der Waals surface area (Å²) in [5.74, 6) is -0.775. The highest BCUT2D eigenvalue weighted by Gasteiger charge is 2.10. The fourth-order valence-electron chi connectivity index (χ4n) is 0.886. The molecule has 0 radical (unpaired) electrons. The van der Waals surface area contributed by atoms with E-state index < -0.39 is 11.9 Å². The minimum absolute atomic E-state index is 0.231. The standard InChI is InChI=1S/C8H8BrFO2/c1-4(11)5-2-6(9)7(10)3-8(5)12/h2-4,11-12H,1H3. The van der Waals surface area contributed by atoms with Crippen molar-refractivity contribution in [3.63, 3.8) is 0 Å². The minimum atomic E-state index is -0.804. The van der Waals surface area contributed by atoms with E-state index in [1.54, 1.807) is 0 Å². The van der Waals surface area contributed by atoms with Crippen LogP contribution in [0.4, 0.5) is 4.39 Å². The van der Waals surface area contributed by atoms with E-state index in [1.165, 1.54) is 13.0 Å². The Morgan fingerprint density at radius 3 is 2.58 bits per heavy atom. The molecule has 1 atom stereocenters. The van der Waals surface area contributed by atoms with Crippen LogP contribution in [-0.2, 0) is 0 Å². The number of halogens is 2. The first-order valence-corrected chi connectivity index (χ1v) is 4.17. The first kappa shape index (κ1) is 9.48. The maximum absolute atomic E-state index is 12.7. The molecule has 0 aromatic heterocycles. The summed E-state index contributed by atoms with van der Waals surface area (Å²) in [5, 5.41) is 18.3. The Hall–Kier alpha value is -0.610. The number of aromatic hydroxyl groups is 1. The fraction of sp³-hybridized carbons (Fsp3) is 0.250. The number of aliphatic hydroxyl groups excluding tert-OH is 1. The van der Waals surface area contributed by atoms with Crippen molar-refractivity contribution in [1.29, 1.82) is 0 Å². The van der Waals surface area contributed by atoms with Gasteiger partial charge >= 0.3 is 0 Å². The predicted molar refractivity (Wildman–Crippen MR) is 46.4 cm³/mol. The molecule has 0 heterocycles. The normalized spacial score (nSPS) is 13.0. The Balaban J connectivity index is 3.23. The topological polar surface area (TPSA) is 40.5 Å². The molecule has 1 unspecified atom stereocenters. The van der Waals surface area contributed by atoms with E-state index in [0.717, 1.165) is 6.07 Å². The molecule has 1 aromatic rings. The zero-order valence-corrected chi connectivity index (χ0v) is 7.97. The van der Waals surface area contributed by atoms with Gasteiger partial charge in [-0.25, -0.2) is 4.39 Å². The minimum Gasteiger partial charge on any atom is -0.507 e. The summed E-state index contributed by atoms with van der Waals surface area (Å²) in [6.07, 6.45) is -0.804. The van der Waals surface area contributed by atoms with Crippen molar-refractivity contribution < 1.29 is 14.6 Å². The van der Waals surface area contributed by atoms with Gasteiger partial charge in [-0.05, 0) is 28.9 Å². The number of phenolic OH excluding ortho intramolecular Hbond substituents is 1. The van der Waals surface area contributed by atoms with Gasteiger partial charge in [-0.2, -0.15) is 0 Å². The number of hydrogen-bond donors (Lipinski definition) is 2. The maximum Gasteiger partial charge on any atom is 0.141 e. The third kappa shape index (κ3) is 1.76. The summed E-state index contributed by atoms with van der Waals surface area (Å²) in [7, 11) is 0. The Bertz CT molecular complexity index is 299. The van der Waals surface area contributed by atoms with E-state index >= 15 is 0 Å². The van der Waals surface area contributed by atoms with E-state index in [9.17, 15) is 4.39 Å². The van der Waals surface area contributed by atoms with Crippen molar-refractivity contribution in [2.75, 3.05) is 0 Å². The maximum atomic E-state index is 12.7. The average molecular weight is 235 g/mol. The van der Waals surface area contributed by atoms with E-state index in [1.807, 2.05) is 0 Å². The first-order valence-electron chi connectivity index (χ1n) is 3.38. The molecule has 0 aliphatic carbocycles. The largest absolute Gasteiger partial charge is 0.507 e. The van der Waals surface area contributed by atoms with Crippen molar-refractivity contribution in [2.24, 2.45) is 0 Å². The second-order valence-corrected chi connectivity index (χ2v) is 3.36. The molecule has 66 valence electrons. The highest BCUT2D eigenvalue weighted by molar-refractivity contribution is 9.10. The zero-order valence-electron chi connectivity index (χ0n) is 6.38. The quantitative estimate of drug-likeness (QED) is 0.784. The molecule has 0 saturated heterocycles. The Kier molecular flexibility index (Phi) is 2.69. The van der Waals surface area contributed by atoms with Gasteiger partial charge in [0.05, 0.1) is 10.6 Å². The number of phenols is 1. The lowest BCUT2D eigenvalue weighted by Gasteiger charge is -2.07. The number of aliphatic hydroxyl groups is 1. The molecule has 0 aliphatic rings. The Morgan fingerprint density at radius 2 is 2.08 bits per heavy atom. The zero-order chi connectivity index (χ0) is 9.30. The third-order valence-electron chi connectivity index (χ3n) is 1.52. The third-order valence-corrected chi connectivity index (χ3v) is 2.13. The molecule has 1 rings (SSSR count). The Labute approximate surface area is 77.8 Å². The lowest BCUT2D eigenvalue weighted by Crippen LogP contribution is -1.93. The van der Waals surface area contributed by atoms with Crippen molar-refractivity contribution in [3.05, 3.63) is 28.0 Å². The van der Waals surface area contributed by atoms with Gasteiger partial charge in [0, 0.05) is 11.6 Å². The summed E-state index contributed by atoms with van der Waals surface area (Å²) in [5.41, 5.74) is 0.309. The van der Waals surface area contributed by atoms with Crippen molar-refractivity contribution in [3.8, 4) is 5.75 Å². The van der Waals surface area contributed by atoms with E-state index in [-0.39, 0.29) is 10.2 Å². The summed E-state index contributed by atoms with van der Waals surface area (Å²) < 4.78 is 13.0. The molecular weight excluding hydrogens is 227 g/mol.